The van der Waals surface area contributed by atoms with E-state index < -0.39 is 0 Å². The molecule has 3 aromatic heterocycles. The molecular weight excluding hydrogens is 671 g/mol. The molecule has 0 unspecified atom stereocenters. The van der Waals surface area contributed by atoms with Gasteiger partial charge < -0.3 is 13.4 Å². The Bertz CT molecular complexity index is 3500. The molecule has 3 heteroatoms. The third-order valence-corrected chi connectivity index (χ3v) is 11.4. The number of fused-ring (bicyclic) bond motifs is 10. The second-order valence-corrected chi connectivity index (χ2v) is 14.5. The van der Waals surface area contributed by atoms with Gasteiger partial charge in [-0.15, -0.1) is 0 Å². The molecule has 0 atom stereocenters. The predicted molar refractivity (Wildman–Crippen MR) is 229 cm³/mol. The number of aromatic nitrogens is 1. The van der Waals surface area contributed by atoms with E-state index >= 15 is 0 Å². The lowest BCUT2D eigenvalue weighted by molar-refractivity contribution is 0.669. The van der Waals surface area contributed by atoms with Crippen LogP contribution in [-0.2, 0) is 0 Å². The molecule has 3 heterocycles. The van der Waals surface area contributed by atoms with Crippen molar-refractivity contribution in [2.24, 2.45) is 0 Å². The third-order valence-electron chi connectivity index (χ3n) is 11.4. The van der Waals surface area contributed by atoms with Gasteiger partial charge in [0.2, 0.25) is 0 Å². The van der Waals surface area contributed by atoms with E-state index in [1.807, 2.05) is 12.1 Å². The molecule has 0 spiro atoms. The van der Waals surface area contributed by atoms with Crippen LogP contribution in [0.5, 0.6) is 0 Å². The zero-order valence-corrected chi connectivity index (χ0v) is 29.7. The highest BCUT2D eigenvalue weighted by Crippen LogP contribution is 2.41. The highest BCUT2D eigenvalue weighted by Gasteiger charge is 2.17. The van der Waals surface area contributed by atoms with Crippen LogP contribution in [0.4, 0.5) is 0 Å². The number of hydrogen-bond donors (Lipinski definition) is 0. The van der Waals surface area contributed by atoms with E-state index in [2.05, 4.69) is 180 Å². The van der Waals surface area contributed by atoms with E-state index in [1.54, 1.807) is 0 Å². The summed E-state index contributed by atoms with van der Waals surface area (Å²) in [7, 11) is 0. The van der Waals surface area contributed by atoms with Gasteiger partial charge in [-0.1, -0.05) is 127 Å². The van der Waals surface area contributed by atoms with Crippen LogP contribution in [0.3, 0.4) is 0 Å². The quantitative estimate of drug-likeness (QED) is 0.183. The molecule has 3 nitrogen and oxygen atoms in total. The molecule has 12 rings (SSSR count). The Balaban J connectivity index is 0.977. The second kappa shape index (κ2) is 11.6. The normalized spacial score (nSPS) is 12.0. The molecule has 256 valence electrons. The molecule has 12 aromatic rings. The zero-order valence-electron chi connectivity index (χ0n) is 29.7. The lowest BCUT2D eigenvalue weighted by Gasteiger charge is -2.11. The molecule has 0 aliphatic rings. The SMILES string of the molecule is c1cc(-c2ccc3oc4ccccc4c3c2)cc(-n2c3ccccc3c3cc(-c4ccc5oc6c(-c7cccc8ccccc78)cccc6c5c4)ccc32)c1. The summed E-state index contributed by atoms with van der Waals surface area (Å²) in [6.07, 6.45) is 0. The maximum Gasteiger partial charge on any atom is 0.143 e. The van der Waals surface area contributed by atoms with Gasteiger partial charge in [0.15, 0.2) is 0 Å². The van der Waals surface area contributed by atoms with Gasteiger partial charge in [0.25, 0.3) is 0 Å². The average molecular weight is 702 g/mol. The highest BCUT2D eigenvalue weighted by atomic mass is 16.3. The molecule has 0 aliphatic carbocycles. The van der Waals surface area contributed by atoms with E-state index in [9.17, 15) is 0 Å². The summed E-state index contributed by atoms with van der Waals surface area (Å²) in [5.74, 6) is 0. The van der Waals surface area contributed by atoms with E-state index in [0.717, 1.165) is 71.8 Å². The van der Waals surface area contributed by atoms with Crippen molar-refractivity contribution in [2.75, 3.05) is 0 Å². The zero-order chi connectivity index (χ0) is 36.0. The fourth-order valence-corrected chi connectivity index (χ4v) is 8.81. The Kier molecular flexibility index (Phi) is 6.34. The fourth-order valence-electron chi connectivity index (χ4n) is 8.81. The summed E-state index contributed by atoms with van der Waals surface area (Å²) in [4.78, 5) is 0. The molecular formula is C52H31NO2. The Morgan fingerprint density at radius 1 is 0.309 bits per heavy atom. The molecule has 0 saturated carbocycles. The van der Waals surface area contributed by atoms with Gasteiger partial charge >= 0.3 is 0 Å². The van der Waals surface area contributed by atoms with Crippen LogP contribution in [-0.4, -0.2) is 4.57 Å². The minimum atomic E-state index is 0.893. The van der Waals surface area contributed by atoms with Crippen molar-refractivity contribution in [3.8, 4) is 39.1 Å². The second-order valence-electron chi connectivity index (χ2n) is 14.5. The first-order chi connectivity index (χ1) is 27.2. The summed E-state index contributed by atoms with van der Waals surface area (Å²) >= 11 is 0. The maximum absolute atomic E-state index is 6.63. The van der Waals surface area contributed by atoms with Crippen molar-refractivity contribution in [3.05, 3.63) is 188 Å². The minimum absolute atomic E-state index is 0.893. The van der Waals surface area contributed by atoms with E-state index in [-0.39, 0.29) is 0 Å². The standard InChI is InChI=1S/C52H31NO2/c1-2-14-38-32(10-1)11-8-17-39(38)42-18-9-19-43-46-31-36(24-27-51(46)55-52(42)43)34-22-25-48-44(29-34)40-15-3-5-20-47(40)53(48)37-13-7-12-33(28-37)35-23-26-50-45(30-35)41-16-4-6-21-49(41)54-50/h1-31H. The largest absolute Gasteiger partial charge is 0.456 e. The molecule has 0 N–H and O–H groups in total. The fraction of sp³-hybridized carbons (Fsp3) is 0. The summed E-state index contributed by atoms with van der Waals surface area (Å²) in [5, 5.41) is 9.42. The molecule has 0 fully saturated rings. The van der Waals surface area contributed by atoms with Crippen LogP contribution < -0.4 is 0 Å². The van der Waals surface area contributed by atoms with E-state index in [1.165, 1.54) is 43.7 Å². The Hall–Kier alpha value is -7.36. The number of hydrogen-bond acceptors (Lipinski definition) is 2. The van der Waals surface area contributed by atoms with Gasteiger partial charge in [0, 0.05) is 43.6 Å². The third kappa shape index (κ3) is 4.57. The van der Waals surface area contributed by atoms with Crippen LogP contribution in [0.1, 0.15) is 0 Å². The molecule has 0 radical (unpaired) electrons. The Labute approximate surface area is 315 Å². The van der Waals surface area contributed by atoms with E-state index in [4.69, 9.17) is 8.83 Å². The summed E-state index contributed by atoms with van der Waals surface area (Å²) < 4.78 is 15.1. The van der Waals surface area contributed by atoms with Crippen LogP contribution in [0.25, 0.3) is 116 Å². The van der Waals surface area contributed by atoms with Crippen LogP contribution >= 0.6 is 0 Å². The molecule has 0 aliphatic heterocycles. The topological polar surface area (TPSA) is 31.2 Å². The predicted octanol–water partition coefficient (Wildman–Crippen LogP) is 14.7. The van der Waals surface area contributed by atoms with Crippen molar-refractivity contribution < 1.29 is 8.83 Å². The van der Waals surface area contributed by atoms with Gasteiger partial charge in [-0.25, -0.2) is 0 Å². The van der Waals surface area contributed by atoms with Crippen molar-refractivity contribution in [1.82, 2.24) is 4.57 Å². The van der Waals surface area contributed by atoms with Gasteiger partial charge in [-0.2, -0.15) is 0 Å². The first-order valence-corrected chi connectivity index (χ1v) is 18.7. The first kappa shape index (κ1) is 30.1. The van der Waals surface area contributed by atoms with Gasteiger partial charge in [0.1, 0.15) is 22.3 Å². The first-order valence-electron chi connectivity index (χ1n) is 18.7. The smallest absolute Gasteiger partial charge is 0.143 e. The van der Waals surface area contributed by atoms with Crippen LogP contribution in [0.2, 0.25) is 0 Å². The molecule has 0 amide bonds. The van der Waals surface area contributed by atoms with Crippen LogP contribution in [0, 0.1) is 0 Å². The van der Waals surface area contributed by atoms with Crippen molar-refractivity contribution >= 4 is 76.5 Å². The lowest BCUT2D eigenvalue weighted by atomic mass is 9.96. The van der Waals surface area contributed by atoms with Crippen molar-refractivity contribution in [1.29, 1.82) is 0 Å². The lowest BCUT2D eigenvalue weighted by Crippen LogP contribution is -1.94. The molecule has 9 aromatic carbocycles. The summed E-state index contributed by atoms with van der Waals surface area (Å²) in [5.41, 5.74) is 14.1. The Morgan fingerprint density at radius 3 is 1.75 bits per heavy atom. The van der Waals surface area contributed by atoms with Gasteiger partial charge in [-0.3, -0.25) is 0 Å². The summed E-state index contributed by atoms with van der Waals surface area (Å²) in [6.45, 7) is 0. The average Bonchev–Trinajstić information content (AvgIpc) is 3.92. The highest BCUT2D eigenvalue weighted by molar-refractivity contribution is 6.14. The number of benzene rings is 9. The van der Waals surface area contributed by atoms with Crippen molar-refractivity contribution in [3.63, 3.8) is 0 Å². The number of rotatable bonds is 4. The minimum Gasteiger partial charge on any atom is -0.456 e. The van der Waals surface area contributed by atoms with Crippen LogP contribution in [0.15, 0.2) is 197 Å². The number of nitrogens with zero attached hydrogens (tertiary/aromatic N) is 1. The van der Waals surface area contributed by atoms with E-state index in [0.29, 0.717) is 0 Å². The number of furan rings is 2. The molecule has 0 saturated heterocycles. The maximum atomic E-state index is 6.63. The number of para-hydroxylation sites is 3. The Morgan fingerprint density at radius 2 is 0.873 bits per heavy atom. The molecule has 0 bridgehead atoms. The van der Waals surface area contributed by atoms with Gasteiger partial charge in [-0.05, 0) is 99.3 Å². The monoisotopic (exact) mass is 701 g/mol. The summed E-state index contributed by atoms with van der Waals surface area (Å²) in [6, 6.07) is 67.4. The van der Waals surface area contributed by atoms with Crippen molar-refractivity contribution in [2.45, 2.75) is 0 Å². The van der Waals surface area contributed by atoms with Gasteiger partial charge in [0.05, 0.1) is 11.0 Å². The molecule has 55 heavy (non-hydrogen) atoms.